The van der Waals surface area contributed by atoms with Crippen LogP contribution in [0.25, 0.3) is 0 Å². The second-order valence-electron chi connectivity index (χ2n) is 10.9. The van der Waals surface area contributed by atoms with Gasteiger partial charge in [-0.3, -0.25) is 0 Å². The first-order chi connectivity index (χ1) is 19.0. The van der Waals surface area contributed by atoms with Crippen LogP contribution in [0, 0.1) is 29.6 Å². The van der Waals surface area contributed by atoms with Crippen molar-refractivity contribution < 1.29 is 34.0 Å². The molecule has 8 atom stereocenters. The SMILES string of the molecule is CCC#CC[C@H](C)[C@@H](C=C[C@@H]1[C@@H](CC/C=C\C=C\C(=O)O)[C@@H](O)C[C@H]1OC1CCCCO1)OC1CCCCO1. The molecular weight excluding hydrogens is 496 g/mol. The van der Waals surface area contributed by atoms with Crippen LogP contribution in [0.15, 0.2) is 36.5 Å². The lowest BCUT2D eigenvalue weighted by Crippen LogP contribution is -2.32. The van der Waals surface area contributed by atoms with E-state index in [0.717, 1.165) is 76.9 Å². The van der Waals surface area contributed by atoms with Gasteiger partial charge in [-0.25, -0.2) is 4.79 Å². The zero-order valence-electron chi connectivity index (χ0n) is 23.7. The molecule has 0 aromatic rings. The van der Waals surface area contributed by atoms with E-state index in [1.165, 1.54) is 6.08 Å². The zero-order valence-corrected chi connectivity index (χ0v) is 23.7. The number of carboxylic acids is 1. The Labute approximate surface area is 234 Å². The van der Waals surface area contributed by atoms with Crippen LogP contribution in [0.4, 0.5) is 0 Å². The maximum absolute atomic E-state index is 11.1. The van der Waals surface area contributed by atoms with Gasteiger partial charge in [-0.1, -0.05) is 44.2 Å². The molecule has 1 aliphatic carbocycles. The molecule has 2 aliphatic heterocycles. The van der Waals surface area contributed by atoms with Crippen LogP contribution in [-0.2, 0) is 23.7 Å². The van der Waals surface area contributed by atoms with Crippen molar-refractivity contribution in [1.29, 1.82) is 0 Å². The molecule has 3 fully saturated rings. The summed E-state index contributed by atoms with van der Waals surface area (Å²) in [6.07, 6.45) is 19.2. The number of allylic oxidation sites excluding steroid dienone is 3. The van der Waals surface area contributed by atoms with Crippen molar-refractivity contribution in [2.45, 2.75) is 115 Å². The minimum atomic E-state index is -0.966. The van der Waals surface area contributed by atoms with Crippen LogP contribution in [0.5, 0.6) is 0 Å². The van der Waals surface area contributed by atoms with Gasteiger partial charge in [-0.05, 0) is 63.2 Å². The second kappa shape index (κ2) is 17.7. The number of hydrogen-bond donors (Lipinski definition) is 2. The summed E-state index contributed by atoms with van der Waals surface area (Å²) in [5, 5.41) is 19.8. The quantitative estimate of drug-likeness (QED) is 0.131. The molecule has 2 N–H and O–H groups in total. The highest BCUT2D eigenvalue weighted by molar-refractivity contribution is 5.80. The van der Waals surface area contributed by atoms with E-state index in [1.807, 2.05) is 6.08 Å². The number of aliphatic hydroxyl groups excluding tert-OH is 1. The van der Waals surface area contributed by atoms with Crippen molar-refractivity contribution in [2.24, 2.45) is 17.8 Å². The molecule has 218 valence electrons. The molecule has 7 nitrogen and oxygen atoms in total. The highest BCUT2D eigenvalue weighted by Gasteiger charge is 2.42. The molecule has 3 rings (SSSR count). The van der Waals surface area contributed by atoms with Crippen molar-refractivity contribution in [3.05, 3.63) is 36.5 Å². The molecule has 0 amide bonds. The van der Waals surface area contributed by atoms with E-state index < -0.39 is 12.1 Å². The third-order valence-electron chi connectivity index (χ3n) is 7.77. The van der Waals surface area contributed by atoms with Crippen LogP contribution in [0.1, 0.15) is 84.5 Å². The fourth-order valence-corrected chi connectivity index (χ4v) is 5.59. The normalized spacial score (nSPS) is 31.5. The summed E-state index contributed by atoms with van der Waals surface area (Å²) < 4.78 is 24.7. The number of hydrogen-bond acceptors (Lipinski definition) is 6. The Kier molecular flexibility index (Phi) is 14.3. The third-order valence-corrected chi connectivity index (χ3v) is 7.77. The van der Waals surface area contributed by atoms with Gasteiger partial charge in [-0.15, -0.1) is 11.8 Å². The van der Waals surface area contributed by atoms with Gasteiger partial charge in [0.25, 0.3) is 0 Å². The Morgan fingerprint density at radius 3 is 2.49 bits per heavy atom. The molecular formula is C32H48O7. The standard InChI is InChI=1S/C32H48O7/c1-3-4-7-14-24(2)28(38-31-17-10-12-21-36-31)20-19-26-25(15-8-5-6-9-16-30(34)35)27(33)23-29(26)39-32-18-11-13-22-37-32/h5-6,9,16,19-20,24-29,31-33H,3,8,10-15,17-18,21-23H2,1-2H3,(H,34,35)/b6-5-,16-9+,20-19?/t24-,25+,26+,27-,28+,29+,31?,32?/m0/s1. The van der Waals surface area contributed by atoms with Gasteiger partial charge in [0.1, 0.15) is 0 Å². The third kappa shape index (κ3) is 11.2. The van der Waals surface area contributed by atoms with E-state index in [4.69, 9.17) is 24.1 Å². The molecule has 0 aromatic heterocycles. The highest BCUT2D eigenvalue weighted by Crippen LogP contribution is 2.40. The first kappa shape index (κ1) is 31.6. The van der Waals surface area contributed by atoms with E-state index in [1.54, 1.807) is 6.08 Å². The van der Waals surface area contributed by atoms with Crippen molar-refractivity contribution in [3.63, 3.8) is 0 Å². The topological polar surface area (TPSA) is 94.5 Å². The Hall–Kier alpha value is -1.95. The molecule has 7 heteroatoms. The average Bonchev–Trinajstić information content (AvgIpc) is 3.22. The summed E-state index contributed by atoms with van der Waals surface area (Å²) in [5.41, 5.74) is 0. The summed E-state index contributed by atoms with van der Waals surface area (Å²) in [4.78, 5) is 10.7. The van der Waals surface area contributed by atoms with Gasteiger partial charge in [0.05, 0.1) is 18.3 Å². The highest BCUT2D eigenvalue weighted by atomic mass is 16.7. The first-order valence-corrected chi connectivity index (χ1v) is 14.9. The van der Waals surface area contributed by atoms with Crippen molar-refractivity contribution in [2.75, 3.05) is 13.2 Å². The predicted octanol–water partition coefficient (Wildman–Crippen LogP) is 5.78. The zero-order chi connectivity index (χ0) is 27.9. The van der Waals surface area contributed by atoms with Crippen LogP contribution < -0.4 is 0 Å². The largest absolute Gasteiger partial charge is 0.478 e. The Bertz CT molecular complexity index is 857. The van der Waals surface area contributed by atoms with Gasteiger partial charge in [0.15, 0.2) is 12.6 Å². The summed E-state index contributed by atoms with van der Waals surface area (Å²) >= 11 is 0. The van der Waals surface area contributed by atoms with Crippen LogP contribution in [-0.4, -0.2) is 60.3 Å². The van der Waals surface area contributed by atoms with E-state index in [0.29, 0.717) is 13.0 Å². The Morgan fingerprint density at radius 1 is 1.08 bits per heavy atom. The lowest BCUT2D eigenvalue weighted by Gasteiger charge is -2.31. The fraction of sp³-hybridized carbons (Fsp3) is 0.719. The number of aliphatic carboxylic acids is 1. The van der Waals surface area contributed by atoms with E-state index in [2.05, 4.69) is 37.8 Å². The van der Waals surface area contributed by atoms with Crippen LogP contribution in [0.2, 0.25) is 0 Å². The molecule has 0 bridgehead atoms. The number of ether oxygens (including phenoxy) is 4. The van der Waals surface area contributed by atoms with Gasteiger partial charge in [0.2, 0.25) is 0 Å². The van der Waals surface area contributed by atoms with Crippen LogP contribution in [0.3, 0.4) is 0 Å². The summed E-state index contributed by atoms with van der Waals surface area (Å²) in [5.74, 6) is 5.71. The summed E-state index contributed by atoms with van der Waals surface area (Å²) in [6, 6.07) is 0. The Balaban J connectivity index is 1.74. The summed E-state index contributed by atoms with van der Waals surface area (Å²) in [6.45, 7) is 5.67. The predicted molar refractivity (Wildman–Crippen MR) is 151 cm³/mol. The minimum absolute atomic E-state index is 0.0146. The van der Waals surface area contributed by atoms with E-state index in [9.17, 15) is 9.90 Å². The number of carbonyl (C=O) groups is 1. The maximum Gasteiger partial charge on any atom is 0.328 e. The lowest BCUT2D eigenvalue weighted by molar-refractivity contribution is -0.193. The lowest BCUT2D eigenvalue weighted by atomic mass is 9.88. The number of carboxylic acid groups (broad SMARTS) is 1. The monoisotopic (exact) mass is 544 g/mol. The van der Waals surface area contributed by atoms with Crippen LogP contribution >= 0.6 is 0 Å². The minimum Gasteiger partial charge on any atom is -0.478 e. The van der Waals surface area contributed by atoms with Gasteiger partial charge >= 0.3 is 5.97 Å². The van der Waals surface area contributed by atoms with E-state index >= 15 is 0 Å². The Morgan fingerprint density at radius 2 is 1.82 bits per heavy atom. The molecule has 39 heavy (non-hydrogen) atoms. The molecule has 3 aliphatic rings. The molecule has 0 spiro atoms. The first-order valence-electron chi connectivity index (χ1n) is 14.9. The van der Waals surface area contributed by atoms with Gasteiger partial charge < -0.3 is 29.2 Å². The van der Waals surface area contributed by atoms with Crippen molar-refractivity contribution in [3.8, 4) is 11.8 Å². The van der Waals surface area contributed by atoms with Crippen molar-refractivity contribution in [1.82, 2.24) is 0 Å². The van der Waals surface area contributed by atoms with Gasteiger partial charge in [0, 0.05) is 44.5 Å². The van der Waals surface area contributed by atoms with Crippen molar-refractivity contribution >= 4 is 5.97 Å². The summed E-state index contributed by atoms with van der Waals surface area (Å²) in [7, 11) is 0. The number of aliphatic hydroxyl groups is 1. The van der Waals surface area contributed by atoms with E-state index in [-0.39, 0.29) is 42.5 Å². The molecule has 0 aromatic carbocycles. The number of rotatable bonds is 13. The molecule has 2 unspecified atom stereocenters. The maximum atomic E-state index is 11.1. The average molecular weight is 545 g/mol. The molecule has 2 saturated heterocycles. The second-order valence-corrected chi connectivity index (χ2v) is 10.9. The molecule has 2 heterocycles. The molecule has 0 radical (unpaired) electrons. The fourth-order valence-electron chi connectivity index (χ4n) is 5.59. The smallest absolute Gasteiger partial charge is 0.328 e. The molecule has 1 saturated carbocycles. The van der Waals surface area contributed by atoms with Gasteiger partial charge in [-0.2, -0.15) is 0 Å².